The fourth-order valence-corrected chi connectivity index (χ4v) is 1.36. The fourth-order valence-electron chi connectivity index (χ4n) is 1.23. The smallest absolute Gasteiger partial charge is 0.224 e. The maximum absolute atomic E-state index is 10.5. The lowest BCUT2D eigenvalue weighted by atomic mass is 10.2. The Bertz CT molecular complexity index is 370. The number of aromatic nitrogens is 2. The molecule has 3 N–H and O–H groups in total. The van der Waals surface area contributed by atoms with Crippen LogP contribution < -0.4 is 11.1 Å². The summed E-state index contributed by atoms with van der Waals surface area (Å²) in [6.07, 6.45) is 3.73. The van der Waals surface area contributed by atoms with Crippen molar-refractivity contribution in [3.63, 3.8) is 0 Å². The van der Waals surface area contributed by atoms with Crippen molar-refractivity contribution in [2.24, 2.45) is 5.73 Å². The van der Waals surface area contributed by atoms with Gasteiger partial charge in [-0.3, -0.25) is 4.79 Å². The molecule has 0 saturated carbocycles. The number of carbonyl (C=O) groups is 1. The first-order valence-corrected chi connectivity index (χ1v) is 5.48. The second kappa shape index (κ2) is 6.27. The molecule has 0 radical (unpaired) electrons. The Hall–Kier alpha value is -1.36. The number of carbonyl (C=O) groups excluding carboxylic acids is 1. The molecule has 0 saturated heterocycles. The summed E-state index contributed by atoms with van der Waals surface area (Å²) in [5.74, 6) is 0.473. The highest BCUT2D eigenvalue weighted by Crippen LogP contribution is 2.12. The summed E-state index contributed by atoms with van der Waals surface area (Å²) in [6, 6.07) is 0. The zero-order chi connectivity index (χ0) is 12.0. The van der Waals surface area contributed by atoms with Crippen LogP contribution >= 0.6 is 11.6 Å². The van der Waals surface area contributed by atoms with Crippen molar-refractivity contribution in [2.75, 3.05) is 11.9 Å². The molecule has 0 aliphatic heterocycles. The fraction of sp³-hybridized carbons (Fsp3) is 0.500. The van der Waals surface area contributed by atoms with Gasteiger partial charge in [-0.05, 0) is 31.4 Å². The number of hydrogen-bond acceptors (Lipinski definition) is 4. The van der Waals surface area contributed by atoms with Crippen molar-refractivity contribution in [1.82, 2.24) is 9.97 Å². The van der Waals surface area contributed by atoms with E-state index in [0.717, 1.165) is 30.8 Å². The van der Waals surface area contributed by atoms with Gasteiger partial charge in [0.1, 0.15) is 5.82 Å². The molecule has 0 aliphatic rings. The van der Waals surface area contributed by atoms with Gasteiger partial charge in [0.25, 0.3) is 0 Å². The normalized spacial score (nSPS) is 10.1. The molecule has 1 rings (SSSR count). The highest BCUT2D eigenvalue weighted by atomic mass is 35.5. The third kappa shape index (κ3) is 4.44. The summed E-state index contributed by atoms with van der Waals surface area (Å²) in [7, 11) is 0. The van der Waals surface area contributed by atoms with Crippen LogP contribution in [0.5, 0.6) is 0 Å². The van der Waals surface area contributed by atoms with Crippen molar-refractivity contribution in [3.8, 4) is 0 Å². The summed E-state index contributed by atoms with van der Waals surface area (Å²) in [4.78, 5) is 18.4. The molecule has 0 spiro atoms. The van der Waals surface area contributed by atoms with E-state index in [9.17, 15) is 4.79 Å². The third-order valence-corrected chi connectivity index (χ3v) is 2.27. The van der Waals surface area contributed by atoms with Gasteiger partial charge in [-0.25, -0.2) is 9.97 Å². The van der Waals surface area contributed by atoms with E-state index in [1.165, 1.54) is 0 Å². The minimum Gasteiger partial charge on any atom is -0.370 e. The van der Waals surface area contributed by atoms with Gasteiger partial charge >= 0.3 is 0 Å². The van der Waals surface area contributed by atoms with Crippen molar-refractivity contribution in [2.45, 2.75) is 26.2 Å². The molecule has 0 aliphatic carbocycles. The molecular formula is C10H15ClN4O. The number of anilines is 1. The minimum absolute atomic E-state index is 0.227. The Labute approximate surface area is 99.4 Å². The van der Waals surface area contributed by atoms with Crippen LogP contribution in [-0.2, 0) is 4.79 Å². The number of nitrogens with zero attached hydrogens (tertiary/aromatic N) is 2. The second-order valence-electron chi connectivity index (χ2n) is 3.52. The number of rotatable bonds is 6. The number of amides is 1. The van der Waals surface area contributed by atoms with Crippen molar-refractivity contribution < 1.29 is 4.79 Å². The van der Waals surface area contributed by atoms with Crippen molar-refractivity contribution in [1.29, 1.82) is 0 Å². The SMILES string of the molecule is Cc1cnc(Cl)nc1NCCCCC(N)=O. The molecule has 5 nitrogen and oxygen atoms in total. The van der Waals surface area contributed by atoms with Gasteiger partial charge < -0.3 is 11.1 Å². The topological polar surface area (TPSA) is 80.9 Å². The molecule has 0 aromatic carbocycles. The van der Waals surface area contributed by atoms with E-state index in [-0.39, 0.29) is 11.2 Å². The number of aryl methyl sites for hydroxylation is 1. The maximum Gasteiger partial charge on any atom is 0.224 e. The van der Waals surface area contributed by atoms with Crippen LogP contribution in [0.1, 0.15) is 24.8 Å². The predicted molar refractivity (Wildman–Crippen MR) is 63.3 cm³/mol. The van der Waals surface area contributed by atoms with Crippen LogP contribution in [0.25, 0.3) is 0 Å². The van der Waals surface area contributed by atoms with E-state index >= 15 is 0 Å². The summed E-state index contributed by atoms with van der Waals surface area (Å²) >= 11 is 5.68. The lowest BCUT2D eigenvalue weighted by Gasteiger charge is -2.07. The van der Waals surface area contributed by atoms with Crippen LogP contribution in [0.15, 0.2) is 6.20 Å². The largest absolute Gasteiger partial charge is 0.370 e. The number of nitrogens with one attached hydrogen (secondary N) is 1. The Balaban J connectivity index is 2.31. The number of unbranched alkanes of at least 4 members (excludes halogenated alkanes) is 1. The predicted octanol–water partition coefficient (Wildman–Crippen LogP) is 1.51. The minimum atomic E-state index is -0.263. The van der Waals surface area contributed by atoms with Gasteiger partial charge in [0, 0.05) is 24.7 Å². The lowest BCUT2D eigenvalue weighted by Crippen LogP contribution is -2.11. The molecule has 1 aromatic rings. The number of hydrogen-bond donors (Lipinski definition) is 2. The molecule has 6 heteroatoms. The van der Waals surface area contributed by atoms with Crippen molar-refractivity contribution >= 4 is 23.3 Å². The average molecular weight is 243 g/mol. The molecule has 1 heterocycles. The molecule has 0 bridgehead atoms. The first-order valence-electron chi connectivity index (χ1n) is 5.11. The van der Waals surface area contributed by atoms with Crippen molar-refractivity contribution in [3.05, 3.63) is 17.0 Å². The quantitative estimate of drug-likeness (QED) is 0.585. The van der Waals surface area contributed by atoms with Crippen LogP contribution in [0, 0.1) is 6.92 Å². The number of primary amides is 1. The standard InChI is InChI=1S/C10H15ClN4O/c1-7-6-14-10(11)15-9(7)13-5-3-2-4-8(12)16/h6H,2-5H2,1H3,(H2,12,16)(H,13,14,15). The first-order chi connectivity index (χ1) is 7.59. The molecular weight excluding hydrogens is 228 g/mol. The zero-order valence-electron chi connectivity index (χ0n) is 9.16. The Morgan fingerprint density at radius 1 is 1.56 bits per heavy atom. The van der Waals surface area contributed by atoms with Crippen LogP contribution in [0.2, 0.25) is 5.28 Å². The van der Waals surface area contributed by atoms with Gasteiger partial charge in [0.05, 0.1) is 0 Å². The molecule has 1 amide bonds. The first kappa shape index (κ1) is 12.7. The Kier molecular flexibility index (Phi) is 4.98. The van der Waals surface area contributed by atoms with E-state index in [0.29, 0.717) is 6.42 Å². The van der Waals surface area contributed by atoms with Gasteiger partial charge in [-0.1, -0.05) is 0 Å². The van der Waals surface area contributed by atoms with E-state index < -0.39 is 0 Å². The van der Waals surface area contributed by atoms with Crippen LogP contribution in [-0.4, -0.2) is 22.4 Å². The second-order valence-corrected chi connectivity index (χ2v) is 3.86. The van der Waals surface area contributed by atoms with Gasteiger partial charge in [-0.2, -0.15) is 0 Å². The lowest BCUT2D eigenvalue weighted by molar-refractivity contribution is -0.118. The molecule has 0 unspecified atom stereocenters. The summed E-state index contributed by atoms with van der Waals surface area (Å²) in [6.45, 7) is 2.64. The van der Waals surface area contributed by atoms with E-state index in [1.807, 2.05) is 6.92 Å². The molecule has 16 heavy (non-hydrogen) atoms. The average Bonchev–Trinajstić information content (AvgIpc) is 2.22. The maximum atomic E-state index is 10.5. The summed E-state index contributed by atoms with van der Waals surface area (Å²) < 4.78 is 0. The van der Waals surface area contributed by atoms with Crippen LogP contribution in [0.4, 0.5) is 5.82 Å². The molecule has 88 valence electrons. The van der Waals surface area contributed by atoms with Gasteiger partial charge in [0.15, 0.2) is 0 Å². The monoisotopic (exact) mass is 242 g/mol. The van der Waals surface area contributed by atoms with Crippen LogP contribution in [0.3, 0.4) is 0 Å². The van der Waals surface area contributed by atoms with E-state index in [1.54, 1.807) is 6.20 Å². The zero-order valence-corrected chi connectivity index (χ0v) is 9.92. The Morgan fingerprint density at radius 2 is 2.31 bits per heavy atom. The summed E-state index contributed by atoms with van der Waals surface area (Å²) in [5.41, 5.74) is 5.98. The number of halogens is 1. The molecule has 1 aromatic heterocycles. The van der Waals surface area contributed by atoms with E-state index in [4.69, 9.17) is 17.3 Å². The van der Waals surface area contributed by atoms with E-state index in [2.05, 4.69) is 15.3 Å². The number of nitrogens with two attached hydrogens (primary N) is 1. The van der Waals surface area contributed by atoms with Gasteiger partial charge in [0.2, 0.25) is 11.2 Å². The summed E-state index contributed by atoms with van der Waals surface area (Å²) in [5, 5.41) is 3.37. The highest BCUT2D eigenvalue weighted by Gasteiger charge is 2.01. The molecule has 0 fully saturated rings. The van der Waals surface area contributed by atoms with Gasteiger partial charge in [-0.15, -0.1) is 0 Å². The Morgan fingerprint density at radius 3 is 3.00 bits per heavy atom. The molecule has 0 atom stereocenters. The third-order valence-electron chi connectivity index (χ3n) is 2.08. The highest BCUT2D eigenvalue weighted by molar-refractivity contribution is 6.28.